The molecule has 8 nitrogen and oxygen atoms in total. The van der Waals surface area contributed by atoms with Crippen molar-refractivity contribution in [2.45, 2.75) is 0 Å². The van der Waals surface area contributed by atoms with E-state index in [0.717, 1.165) is 144 Å². The van der Waals surface area contributed by atoms with Crippen molar-refractivity contribution in [3.8, 4) is 89.5 Å². The molecular weight excluding hydrogens is 1170 g/mol. The molecule has 8 heteroatoms. The highest BCUT2D eigenvalue weighted by Gasteiger charge is 2.18. The summed E-state index contributed by atoms with van der Waals surface area (Å²) in [7, 11) is 0. The smallest absolute Gasteiger partial charge is 0.0978 e. The summed E-state index contributed by atoms with van der Waals surface area (Å²) in [5.74, 6) is 0. The second-order valence-corrected chi connectivity index (χ2v) is 24.2. The Labute approximate surface area is 552 Å². The first-order valence-corrected chi connectivity index (χ1v) is 32.2. The minimum absolute atomic E-state index is 0.899. The Balaban J connectivity index is 0.000000141. The fourth-order valence-electron chi connectivity index (χ4n) is 13.5. The molecule has 0 fully saturated rings. The summed E-state index contributed by atoms with van der Waals surface area (Å²) in [6, 6.07) is 110. The normalized spacial score (nSPS) is 11.5. The van der Waals surface area contributed by atoms with Gasteiger partial charge < -0.3 is 0 Å². The largest absolute Gasteiger partial charge is 0.255 e. The molecule has 0 atom stereocenters. The van der Waals surface area contributed by atoms with Gasteiger partial charge in [-0.1, -0.05) is 231 Å². The second-order valence-electron chi connectivity index (χ2n) is 24.2. The molecule has 0 saturated carbocycles. The van der Waals surface area contributed by atoms with E-state index in [1.165, 1.54) is 44.2 Å². The summed E-state index contributed by atoms with van der Waals surface area (Å²) in [5, 5.41) is 9.02. The molecule has 11 aromatic carbocycles. The number of fused-ring (bicyclic) bond motifs is 11. The summed E-state index contributed by atoms with van der Waals surface area (Å²) in [6.45, 7) is 0. The van der Waals surface area contributed by atoms with Gasteiger partial charge in [-0.15, -0.1) is 0 Å². The Bertz CT molecular complexity index is 6240. The molecule has 8 aromatic heterocycles. The van der Waals surface area contributed by atoms with Gasteiger partial charge in [0.15, 0.2) is 0 Å². The molecule has 19 aromatic rings. The molecular formula is C88H54N8. The third-order valence-corrected chi connectivity index (χ3v) is 18.4. The molecule has 0 aliphatic carbocycles. The van der Waals surface area contributed by atoms with Crippen LogP contribution in [-0.4, -0.2) is 39.9 Å². The zero-order valence-electron chi connectivity index (χ0n) is 51.8. The average molecular weight is 1220 g/mol. The Hall–Kier alpha value is -13.0. The SMILES string of the molecule is c1ccc(-c2c3ccccc3nc3c2ccc2ccc(-c4ccc(-c5ccc(-c6ccc7ncccc7n6)cc5)cc4)nc23)cc1.c1ccc(-c2c3ccccc3nc3c2ccc2ccc(-c4ccc5cc(-c6ccc(-c7ccc8ncccc8n7)cc6)ccc5c4)nc23)cc1. The molecule has 0 amide bonds. The second kappa shape index (κ2) is 23.6. The Kier molecular flexibility index (Phi) is 13.7. The van der Waals surface area contributed by atoms with Crippen molar-refractivity contribution in [3.63, 3.8) is 0 Å². The van der Waals surface area contributed by atoms with Crippen LogP contribution in [-0.2, 0) is 0 Å². The van der Waals surface area contributed by atoms with Gasteiger partial charge in [0.1, 0.15) is 0 Å². The third-order valence-electron chi connectivity index (χ3n) is 18.4. The van der Waals surface area contributed by atoms with Crippen LogP contribution < -0.4 is 0 Å². The van der Waals surface area contributed by atoms with Gasteiger partial charge in [-0.25, -0.2) is 29.9 Å². The molecule has 8 heterocycles. The Morgan fingerprint density at radius 2 is 0.510 bits per heavy atom. The first-order valence-electron chi connectivity index (χ1n) is 32.2. The van der Waals surface area contributed by atoms with Gasteiger partial charge in [0.05, 0.1) is 77.9 Å². The molecule has 0 spiro atoms. The summed E-state index contributed by atoms with van der Waals surface area (Å²) >= 11 is 0. The van der Waals surface area contributed by atoms with E-state index in [0.29, 0.717) is 0 Å². The molecule has 0 saturated heterocycles. The summed E-state index contributed by atoms with van der Waals surface area (Å²) in [5.41, 5.74) is 26.7. The van der Waals surface area contributed by atoms with E-state index in [1.54, 1.807) is 12.4 Å². The molecule has 0 N–H and O–H groups in total. The molecule has 96 heavy (non-hydrogen) atoms. The zero-order valence-corrected chi connectivity index (χ0v) is 51.8. The Morgan fingerprint density at radius 3 is 0.990 bits per heavy atom. The summed E-state index contributed by atoms with van der Waals surface area (Å²) < 4.78 is 0. The lowest BCUT2D eigenvalue weighted by molar-refractivity contribution is 1.33. The van der Waals surface area contributed by atoms with Crippen LogP contribution >= 0.6 is 0 Å². The van der Waals surface area contributed by atoms with Crippen LogP contribution in [0.2, 0.25) is 0 Å². The number of nitrogens with zero attached hydrogens (tertiary/aromatic N) is 8. The van der Waals surface area contributed by atoms with Gasteiger partial charge >= 0.3 is 0 Å². The number of hydrogen-bond donors (Lipinski definition) is 0. The number of hydrogen-bond acceptors (Lipinski definition) is 8. The molecule has 19 rings (SSSR count). The number of benzene rings is 11. The van der Waals surface area contributed by atoms with Gasteiger partial charge in [0, 0.05) is 78.1 Å². The number of pyridine rings is 8. The van der Waals surface area contributed by atoms with Crippen molar-refractivity contribution >= 4 is 98.3 Å². The van der Waals surface area contributed by atoms with E-state index in [-0.39, 0.29) is 0 Å². The highest BCUT2D eigenvalue weighted by Crippen LogP contribution is 2.41. The van der Waals surface area contributed by atoms with Gasteiger partial charge in [-0.05, 0) is 129 Å². The molecule has 0 aliphatic heterocycles. The molecule has 0 aliphatic rings. The highest BCUT2D eigenvalue weighted by atomic mass is 14.8. The van der Waals surface area contributed by atoms with Gasteiger partial charge in [-0.3, -0.25) is 9.97 Å². The van der Waals surface area contributed by atoms with E-state index < -0.39 is 0 Å². The van der Waals surface area contributed by atoms with Crippen molar-refractivity contribution in [2.75, 3.05) is 0 Å². The van der Waals surface area contributed by atoms with Gasteiger partial charge in [-0.2, -0.15) is 0 Å². The van der Waals surface area contributed by atoms with Crippen LogP contribution in [0.4, 0.5) is 0 Å². The summed E-state index contributed by atoms with van der Waals surface area (Å²) in [4.78, 5) is 39.2. The first kappa shape index (κ1) is 55.8. The van der Waals surface area contributed by atoms with Crippen LogP contribution in [0.1, 0.15) is 0 Å². The van der Waals surface area contributed by atoms with E-state index in [2.05, 4.69) is 271 Å². The zero-order chi connectivity index (χ0) is 63.5. The molecule has 0 radical (unpaired) electrons. The van der Waals surface area contributed by atoms with Crippen molar-refractivity contribution in [1.82, 2.24) is 39.9 Å². The average Bonchev–Trinajstić information content (AvgIpc) is 0.753. The van der Waals surface area contributed by atoms with Crippen molar-refractivity contribution in [1.29, 1.82) is 0 Å². The quantitative estimate of drug-likeness (QED) is 0.109. The Morgan fingerprint density at radius 1 is 0.167 bits per heavy atom. The number of aromatic nitrogens is 8. The van der Waals surface area contributed by atoms with Crippen LogP contribution in [0.15, 0.2) is 328 Å². The van der Waals surface area contributed by atoms with Crippen molar-refractivity contribution in [3.05, 3.63) is 328 Å². The monoisotopic (exact) mass is 1220 g/mol. The lowest BCUT2D eigenvalue weighted by atomic mass is 9.95. The first-order chi connectivity index (χ1) is 47.5. The summed E-state index contributed by atoms with van der Waals surface area (Å²) in [6.07, 6.45) is 3.59. The lowest BCUT2D eigenvalue weighted by Crippen LogP contribution is -1.93. The maximum atomic E-state index is 5.27. The van der Waals surface area contributed by atoms with Gasteiger partial charge in [0.25, 0.3) is 0 Å². The van der Waals surface area contributed by atoms with Crippen LogP contribution in [0.3, 0.4) is 0 Å². The van der Waals surface area contributed by atoms with Crippen molar-refractivity contribution < 1.29 is 0 Å². The predicted molar refractivity (Wildman–Crippen MR) is 396 cm³/mol. The maximum absolute atomic E-state index is 5.27. The minimum Gasteiger partial charge on any atom is -0.255 e. The van der Waals surface area contributed by atoms with E-state index >= 15 is 0 Å². The van der Waals surface area contributed by atoms with Crippen LogP contribution in [0.25, 0.3) is 188 Å². The maximum Gasteiger partial charge on any atom is 0.0978 e. The highest BCUT2D eigenvalue weighted by molar-refractivity contribution is 6.18. The van der Waals surface area contributed by atoms with Crippen molar-refractivity contribution in [2.24, 2.45) is 0 Å². The lowest BCUT2D eigenvalue weighted by Gasteiger charge is -2.13. The topological polar surface area (TPSA) is 103 Å². The molecule has 0 bridgehead atoms. The fourth-order valence-corrected chi connectivity index (χ4v) is 13.5. The third kappa shape index (κ3) is 10.2. The predicted octanol–water partition coefficient (Wildman–Crippen LogP) is 22.2. The van der Waals surface area contributed by atoms with Crippen LogP contribution in [0, 0.1) is 0 Å². The fraction of sp³-hybridized carbons (Fsp3) is 0. The number of rotatable bonds is 8. The van der Waals surface area contributed by atoms with E-state index in [9.17, 15) is 0 Å². The van der Waals surface area contributed by atoms with Gasteiger partial charge in [0.2, 0.25) is 0 Å². The standard InChI is InChI=1S/C46H28N4.C42H26N4/c1-2-7-31(8-3-1)44-37-9-4-5-10-41(37)50-46-38(44)22-20-32-21-23-40(49-45(32)46)36-19-18-34-27-33(16-17-35(34)28-36)29-12-14-30(15-13-29)39-24-25-42-43(48-39)11-6-26-47-42;1-2-7-31(8-3-1)40-33-9-4-5-10-37(33)46-42-34(40)22-20-32-21-23-36(45-41(32)42)30-18-14-28(15-19-30)27-12-16-29(17-13-27)35-24-25-38-39(44-35)11-6-26-43-38/h1-28H;1-26H. The van der Waals surface area contributed by atoms with Crippen LogP contribution in [0.5, 0.6) is 0 Å². The van der Waals surface area contributed by atoms with E-state index in [1.807, 2.05) is 54.6 Å². The molecule has 0 unspecified atom stereocenters. The minimum atomic E-state index is 0.899. The van der Waals surface area contributed by atoms with E-state index in [4.69, 9.17) is 29.9 Å². The number of para-hydroxylation sites is 2. The molecule has 446 valence electrons.